The van der Waals surface area contributed by atoms with Gasteiger partial charge < -0.3 is 5.32 Å². The van der Waals surface area contributed by atoms with Gasteiger partial charge in [-0.1, -0.05) is 0 Å². The maximum atomic E-state index is 11.8. The monoisotopic (exact) mass is 233 g/mol. The molecule has 6 heteroatoms. The lowest BCUT2D eigenvalue weighted by Crippen LogP contribution is -2.25. The Morgan fingerprint density at radius 3 is 2.88 bits per heavy atom. The molecule has 0 aromatic carbocycles. The van der Waals surface area contributed by atoms with E-state index in [-0.39, 0.29) is 5.91 Å². The number of carbonyl (C=O) groups excluding carboxylic acids is 1. The van der Waals surface area contributed by atoms with E-state index < -0.39 is 0 Å². The first-order valence-corrected chi connectivity index (χ1v) is 5.49. The Morgan fingerprint density at radius 1 is 1.47 bits per heavy atom. The van der Waals surface area contributed by atoms with E-state index in [0.29, 0.717) is 12.2 Å². The summed E-state index contributed by atoms with van der Waals surface area (Å²) in [6.45, 7) is 3.28. The summed E-state index contributed by atoms with van der Waals surface area (Å²) < 4.78 is 3.37. The first-order chi connectivity index (χ1) is 8.20. The van der Waals surface area contributed by atoms with Gasteiger partial charge in [0.05, 0.1) is 12.2 Å². The molecule has 0 saturated carbocycles. The van der Waals surface area contributed by atoms with Crippen molar-refractivity contribution < 1.29 is 4.79 Å². The van der Waals surface area contributed by atoms with Gasteiger partial charge in [0.15, 0.2) is 0 Å². The maximum absolute atomic E-state index is 11.8. The van der Waals surface area contributed by atoms with Crippen LogP contribution in [0, 0.1) is 0 Å². The molecule has 0 radical (unpaired) electrons. The fourth-order valence-electron chi connectivity index (χ4n) is 1.53. The van der Waals surface area contributed by atoms with E-state index in [4.69, 9.17) is 0 Å². The summed E-state index contributed by atoms with van der Waals surface area (Å²) in [6.07, 6.45) is 3.49. The molecule has 0 aliphatic heterocycles. The standard InChI is InChI=1S/C11H15N5O/c1-3-16-7-5-9(14-16)8-12-11(17)10-4-6-13-15(10)2/h4-7H,3,8H2,1-2H3,(H,12,17). The van der Waals surface area contributed by atoms with Crippen molar-refractivity contribution >= 4 is 5.91 Å². The highest BCUT2D eigenvalue weighted by Gasteiger charge is 2.09. The van der Waals surface area contributed by atoms with E-state index >= 15 is 0 Å². The molecule has 0 fully saturated rings. The van der Waals surface area contributed by atoms with Crippen LogP contribution in [0.15, 0.2) is 24.5 Å². The summed E-state index contributed by atoms with van der Waals surface area (Å²) in [5.41, 5.74) is 1.39. The first-order valence-electron chi connectivity index (χ1n) is 5.49. The average molecular weight is 233 g/mol. The number of hydrogen-bond donors (Lipinski definition) is 1. The van der Waals surface area contributed by atoms with Crippen LogP contribution in [0.25, 0.3) is 0 Å². The molecule has 0 bridgehead atoms. The first kappa shape index (κ1) is 11.4. The van der Waals surface area contributed by atoms with Crippen LogP contribution in [-0.2, 0) is 20.1 Å². The van der Waals surface area contributed by atoms with Gasteiger partial charge in [-0.3, -0.25) is 14.2 Å². The van der Waals surface area contributed by atoms with Gasteiger partial charge in [0.25, 0.3) is 5.91 Å². The molecule has 17 heavy (non-hydrogen) atoms. The second kappa shape index (κ2) is 4.82. The number of carbonyl (C=O) groups is 1. The van der Waals surface area contributed by atoms with E-state index in [2.05, 4.69) is 15.5 Å². The lowest BCUT2D eigenvalue weighted by molar-refractivity contribution is 0.0941. The molecule has 90 valence electrons. The highest BCUT2D eigenvalue weighted by molar-refractivity contribution is 5.92. The van der Waals surface area contributed by atoms with Crippen LogP contribution >= 0.6 is 0 Å². The van der Waals surface area contributed by atoms with Crippen LogP contribution in [0.3, 0.4) is 0 Å². The van der Waals surface area contributed by atoms with Crippen LogP contribution < -0.4 is 5.32 Å². The smallest absolute Gasteiger partial charge is 0.269 e. The lowest BCUT2D eigenvalue weighted by Gasteiger charge is -2.03. The van der Waals surface area contributed by atoms with Gasteiger partial charge in [-0.25, -0.2) is 0 Å². The third-order valence-corrected chi connectivity index (χ3v) is 2.50. The average Bonchev–Trinajstić information content (AvgIpc) is 2.94. The van der Waals surface area contributed by atoms with Gasteiger partial charge in [-0.05, 0) is 19.1 Å². The van der Waals surface area contributed by atoms with Gasteiger partial charge in [-0.2, -0.15) is 10.2 Å². The second-order valence-electron chi connectivity index (χ2n) is 3.69. The van der Waals surface area contributed by atoms with Crippen LogP contribution in [0.4, 0.5) is 0 Å². The number of aryl methyl sites for hydroxylation is 2. The zero-order valence-corrected chi connectivity index (χ0v) is 9.92. The van der Waals surface area contributed by atoms with Gasteiger partial charge in [0, 0.05) is 26.0 Å². The fraction of sp³-hybridized carbons (Fsp3) is 0.364. The Hall–Kier alpha value is -2.11. The van der Waals surface area contributed by atoms with E-state index in [9.17, 15) is 4.79 Å². The number of aromatic nitrogens is 4. The number of nitrogens with zero attached hydrogens (tertiary/aromatic N) is 4. The molecule has 2 aromatic rings. The third-order valence-electron chi connectivity index (χ3n) is 2.50. The predicted molar refractivity (Wildman–Crippen MR) is 62.3 cm³/mol. The van der Waals surface area contributed by atoms with Gasteiger partial charge in [-0.15, -0.1) is 0 Å². The summed E-state index contributed by atoms with van der Waals surface area (Å²) in [7, 11) is 1.74. The van der Waals surface area contributed by atoms with Crippen molar-refractivity contribution in [2.45, 2.75) is 20.0 Å². The molecule has 0 aliphatic carbocycles. The number of amides is 1. The molecule has 0 unspecified atom stereocenters. The van der Waals surface area contributed by atoms with Crippen molar-refractivity contribution in [1.82, 2.24) is 24.9 Å². The van der Waals surface area contributed by atoms with Crippen LogP contribution in [0.1, 0.15) is 23.1 Å². The molecule has 0 saturated heterocycles. The van der Waals surface area contributed by atoms with Crippen LogP contribution in [0.5, 0.6) is 0 Å². The number of hydrogen-bond acceptors (Lipinski definition) is 3. The quantitative estimate of drug-likeness (QED) is 0.839. The SMILES string of the molecule is CCn1ccc(CNC(=O)c2ccnn2C)n1. The Morgan fingerprint density at radius 2 is 2.29 bits per heavy atom. The highest BCUT2D eigenvalue weighted by atomic mass is 16.2. The topological polar surface area (TPSA) is 64.7 Å². The van der Waals surface area contributed by atoms with Gasteiger partial charge in [0.2, 0.25) is 0 Å². The molecule has 1 N–H and O–H groups in total. The molecular formula is C11H15N5O. The zero-order valence-electron chi connectivity index (χ0n) is 9.92. The van der Waals surface area contributed by atoms with E-state index in [0.717, 1.165) is 12.2 Å². The number of rotatable bonds is 4. The normalized spacial score (nSPS) is 10.5. The van der Waals surface area contributed by atoms with Crippen molar-refractivity contribution in [2.75, 3.05) is 0 Å². The summed E-state index contributed by atoms with van der Waals surface area (Å²) in [5, 5.41) is 11.0. The van der Waals surface area contributed by atoms with Crippen molar-refractivity contribution in [1.29, 1.82) is 0 Å². The van der Waals surface area contributed by atoms with Crippen LogP contribution in [0.2, 0.25) is 0 Å². The third kappa shape index (κ3) is 2.52. The van der Waals surface area contributed by atoms with E-state index in [1.807, 2.05) is 23.9 Å². The van der Waals surface area contributed by atoms with E-state index in [1.165, 1.54) is 0 Å². The van der Waals surface area contributed by atoms with Crippen LogP contribution in [-0.4, -0.2) is 25.5 Å². The largest absolute Gasteiger partial charge is 0.345 e. The summed E-state index contributed by atoms with van der Waals surface area (Å²) in [4.78, 5) is 11.8. The molecule has 0 aliphatic rings. The molecule has 6 nitrogen and oxygen atoms in total. The van der Waals surface area contributed by atoms with Gasteiger partial charge in [0.1, 0.15) is 5.69 Å². The molecule has 2 heterocycles. The summed E-state index contributed by atoms with van der Waals surface area (Å²) in [6, 6.07) is 3.58. The lowest BCUT2D eigenvalue weighted by atomic mass is 10.3. The van der Waals surface area contributed by atoms with Crippen molar-refractivity contribution in [3.05, 3.63) is 35.9 Å². The minimum Gasteiger partial charge on any atom is -0.345 e. The molecular weight excluding hydrogens is 218 g/mol. The zero-order chi connectivity index (χ0) is 12.3. The summed E-state index contributed by atoms with van der Waals surface area (Å²) in [5.74, 6) is -0.143. The summed E-state index contributed by atoms with van der Waals surface area (Å²) >= 11 is 0. The Kier molecular flexibility index (Phi) is 3.22. The second-order valence-corrected chi connectivity index (χ2v) is 3.69. The van der Waals surface area contributed by atoms with Gasteiger partial charge >= 0.3 is 0 Å². The molecule has 2 rings (SSSR count). The Labute approximate surface area is 99.2 Å². The van der Waals surface area contributed by atoms with E-state index in [1.54, 1.807) is 24.0 Å². The van der Waals surface area contributed by atoms with Crippen molar-refractivity contribution in [3.63, 3.8) is 0 Å². The molecule has 1 amide bonds. The van der Waals surface area contributed by atoms with Crippen molar-refractivity contribution in [2.24, 2.45) is 7.05 Å². The number of nitrogens with one attached hydrogen (secondary N) is 1. The fourth-order valence-corrected chi connectivity index (χ4v) is 1.53. The Bertz CT molecular complexity index is 513. The predicted octanol–water partition coefficient (Wildman–Crippen LogP) is 0.566. The molecule has 0 atom stereocenters. The minimum absolute atomic E-state index is 0.143. The highest BCUT2D eigenvalue weighted by Crippen LogP contribution is 1.98. The Balaban J connectivity index is 1.94. The molecule has 2 aromatic heterocycles. The minimum atomic E-state index is -0.143. The maximum Gasteiger partial charge on any atom is 0.269 e. The molecule has 0 spiro atoms. The van der Waals surface area contributed by atoms with Crippen molar-refractivity contribution in [3.8, 4) is 0 Å².